The summed E-state index contributed by atoms with van der Waals surface area (Å²) in [7, 11) is 0. The minimum absolute atomic E-state index is 0.132. The van der Waals surface area contributed by atoms with Gasteiger partial charge in [-0.15, -0.1) is 0 Å². The number of carbonyl (C=O) groups is 1. The van der Waals surface area contributed by atoms with E-state index in [1.165, 1.54) is 23.8 Å². The van der Waals surface area contributed by atoms with Crippen LogP contribution in [0.3, 0.4) is 0 Å². The van der Waals surface area contributed by atoms with E-state index < -0.39 is 11.7 Å². The van der Waals surface area contributed by atoms with Crippen molar-refractivity contribution in [2.75, 3.05) is 11.1 Å². The molecule has 1 amide bonds. The molecule has 0 aliphatic carbocycles. The highest BCUT2D eigenvalue weighted by molar-refractivity contribution is 6.07. The molecule has 2 aromatic rings. The Kier molecular flexibility index (Phi) is 4.35. The molecule has 0 atom stereocenters. The Labute approximate surface area is 117 Å². The van der Waals surface area contributed by atoms with E-state index in [-0.39, 0.29) is 11.3 Å². The van der Waals surface area contributed by atoms with E-state index in [9.17, 15) is 9.18 Å². The zero-order valence-corrected chi connectivity index (χ0v) is 11.3. The summed E-state index contributed by atoms with van der Waals surface area (Å²) in [5.74, 6) is -0.999. The summed E-state index contributed by atoms with van der Waals surface area (Å²) in [6.45, 7) is 2.11. The molecule has 0 radical (unpaired) electrons. The highest BCUT2D eigenvalue weighted by Gasteiger charge is 2.12. The highest BCUT2D eigenvalue weighted by atomic mass is 19.1. The predicted molar refractivity (Wildman–Crippen MR) is 79.2 cm³/mol. The molecule has 104 valence electrons. The van der Waals surface area contributed by atoms with Crippen LogP contribution >= 0.6 is 0 Å². The molecule has 0 bridgehead atoms. The molecule has 0 unspecified atom stereocenters. The summed E-state index contributed by atoms with van der Waals surface area (Å²) in [6, 6.07) is 11.8. The molecule has 20 heavy (non-hydrogen) atoms. The molecule has 0 spiro atoms. The number of carbonyl (C=O) groups excluding carboxylic acids is 1. The van der Waals surface area contributed by atoms with Gasteiger partial charge in [0.25, 0.3) is 5.91 Å². The molecule has 2 rings (SSSR count). The fourth-order valence-corrected chi connectivity index (χ4v) is 1.98. The van der Waals surface area contributed by atoms with Gasteiger partial charge in [-0.3, -0.25) is 4.79 Å². The number of nitrogens with one attached hydrogen (secondary N) is 1. The summed E-state index contributed by atoms with van der Waals surface area (Å²) in [4.78, 5) is 12.0. The lowest BCUT2D eigenvalue weighted by molar-refractivity contribution is 0.102. The largest absolute Gasteiger partial charge is 0.396 e. The third-order valence-electron chi connectivity index (χ3n) is 3.05. The fourth-order valence-electron chi connectivity index (χ4n) is 1.98. The Bertz CT molecular complexity index is 608. The van der Waals surface area contributed by atoms with Crippen molar-refractivity contribution in [1.82, 2.24) is 0 Å². The first-order chi connectivity index (χ1) is 9.61. The van der Waals surface area contributed by atoms with Gasteiger partial charge in [0, 0.05) is 5.69 Å². The van der Waals surface area contributed by atoms with Gasteiger partial charge in [0.2, 0.25) is 0 Å². The fraction of sp³-hybridized carbons (Fsp3) is 0.188. The van der Waals surface area contributed by atoms with Gasteiger partial charge in [-0.25, -0.2) is 4.39 Å². The maximum Gasteiger partial charge on any atom is 0.257 e. The monoisotopic (exact) mass is 272 g/mol. The van der Waals surface area contributed by atoms with Crippen molar-refractivity contribution in [1.29, 1.82) is 0 Å². The first kappa shape index (κ1) is 14.1. The minimum atomic E-state index is -0.587. The van der Waals surface area contributed by atoms with Gasteiger partial charge < -0.3 is 11.1 Å². The van der Waals surface area contributed by atoms with Crippen LogP contribution in [0.1, 0.15) is 29.3 Å². The van der Waals surface area contributed by atoms with Crippen molar-refractivity contribution in [2.24, 2.45) is 0 Å². The van der Waals surface area contributed by atoms with Crippen LogP contribution in [0.4, 0.5) is 15.8 Å². The van der Waals surface area contributed by atoms with Crippen LogP contribution in [0.5, 0.6) is 0 Å². The number of para-hydroxylation sites is 1. The van der Waals surface area contributed by atoms with Gasteiger partial charge in [-0.1, -0.05) is 31.5 Å². The number of halogens is 1. The van der Waals surface area contributed by atoms with Crippen LogP contribution < -0.4 is 11.1 Å². The van der Waals surface area contributed by atoms with Crippen molar-refractivity contribution in [3.8, 4) is 0 Å². The summed E-state index contributed by atoms with van der Waals surface area (Å²) in [5, 5.41) is 2.71. The lowest BCUT2D eigenvalue weighted by atomic mass is 10.1. The molecule has 0 aliphatic heterocycles. The predicted octanol–water partition coefficient (Wildman–Crippen LogP) is 3.61. The minimum Gasteiger partial charge on any atom is -0.396 e. The quantitative estimate of drug-likeness (QED) is 0.835. The SMILES string of the molecule is CCCc1ccc(NC(=O)c2cccc(F)c2N)cc1. The van der Waals surface area contributed by atoms with E-state index in [2.05, 4.69) is 12.2 Å². The Balaban J connectivity index is 2.13. The Morgan fingerprint density at radius 1 is 1.20 bits per heavy atom. The number of hydrogen-bond acceptors (Lipinski definition) is 2. The first-order valence-electron chi connectivity index (χ1n) is 6.56. The van der Waals surface area contributed by atoms with Crippen LogP contribution in [0.15, 0.2) is 42.5 Å². The maximum absolute atomic E-state index is 13.3. The van der Waals surface area contributed by atoms with Gasteiger partial charge in [0.1, 0.15) is 5.82 Å². The first-order valence-corrected chi connectivity index (χ1v) is 6.56. The number of amides is 1. The van der Waals surface area contributed by atoms with Crippen molar-refractivity contribution in [3.05, 3.63) is 59.4 Å². The van der Waals surface area contributed by atoms with E-state index in [4.69, 9.17) is 5.73 Å². The highest BCUT2D eigenvalue weighted by Crippen LogP contribution is 2.18. The number of aryl methyl sites for hydroxylation is 1. The second kappa shape index (κ2) is 6.19. The molecule has 0 heterocycles. The maximum atomic E-state index is 13.3. The zero-order chi connectivity index (χ0) is 14.5. The number of anilines is 2. The number of hydrogen-bond donors (Lipinski definition) is 2. The average Bonchev–Trinajstić information content (AvgIpc) is 2.44. The lowest BCUT2D eigenvalue weighted by Crippen LogP contribution is -2.14. The van der Waals surface area contributed by atoms with Crippen LogP contribution in [0.25, 0.3) is 0 Å². The van der Waals surface area contributed by atoms with Gasteiger partial charge in [0.15, 0.2) is 0 Å². The summed E-state index contributed by atoms with van der Waals surface area (Å²) in [6.07, 6.45) is 2.08. The average molecular weight is 272 g/mol. The Hall–Kier alpha value is -2.36. The molecule has 0 saturated heterocycles. The number of rotatable bonds is 4. The molecule has 2 aromatic carbocycles. The van der Waals surface area contributed by atoms with Crippen molar-refractivity contribution in [2.45, 2.75) is 19.8 Å². The van der Waals surface area contributed by atoms with Crippen molar-refractivity contribution in [3.63, 3.8) is 0 Å². The summed E-state index contributed by atoms with van der Waals surface area (Å²) in [5.41, 5.74) is 7.46. The van der Waals surface area contributed by atoms with Gasteiger partial charge in [-0.2, -0.15) is 0 Å². The summed E-state index contributed by atoms with van der Waals surface area (Å²) >= 11 is 0. The summed E-state index contributed by atoms with van der Waals surface area (Å²) < 4.78 is 13.3. The molecule has 3 N–H and O–H groups in total. The van der Waals surface area contributed by atoms with E-state index in [1.54, 1.807) is 0 Å². The molecular weight excluding hydrogens is 255 g/mol. The Morgan fingerprint density at radius 3 is 2.55 bits per heavy atom. The van der Waals surface area contributed by atoms with Gasteiger partial charge in [-0.05, 0) is 36.2 Å². The van der Waals surface area contributed by atoms with E-state index in [0.29, 0.717) is 5.69 Å². The standard InChI is InChI=1S/C16H17FN2O/c1-2-4-11-7-9-12(10-8-11)19-16(20)13-5-3-6-14(17)15(13)18/h3,5-10H,2,4,18H2,1H3,(H,19,20). The van der Waals surface area contributed by atoms with Crippen LogP contribution in [0, 0.1) is 5.82 Å². The lowest BCUT2D eigenvalue weighted by Gasteiger charge is -2.08. The number of nitrogen functional groups attached to an aromatic ring is 1. The van der Waals surface area contributed by atoms with E-state index in [1.807, 2.05) is 24.3 Å². The zero-order valence-electron chi connectivity index (χ0n) is 11.3. The Morgan fingerprint density at radius 2 is 1.90 bits per heavy atom. The molecule has 0 saturated carbocycles. The molecular formula is C16H17FN2O. The molecule has 0 aliphatic rings. The van der Waals surface area contributed by atoms with Gasteiger partial charge >= 0.3 is 0 Å². The van der Waals surface area contributed by atoms with Crippen molar-refractivity contribution >= 4 is 17.3 Å². The topological polar surface area (TPSA) is 55.1 Å². The molecule has 3 nitrogen and oxygen atoms in total. The second-order valence-electron chi connectivity index (χ2n) is 4.60. The van der Waals surface area contributed by atoms with E-state index in [0.717, 1.165) is 12.8 Å². The van der Waals surface area contributed by atoms with Crippen LogP contribution in [-0.4, -0.2) is 5.91 Å². The third kappa shape index (κ3) is 3.15. The van der Waals surface area contributed by atoms with Crippen LogP contribution in [0.2, 0.25) is 0 Å². The second-order valence-corrected chi connectivity index (χ2v) is 4.60. The third-order valence-corrected chi connectivity index (χ3v) is 3.05. The number of benzene rings is 2. The molecule has 0 fully saturated rings. The smallest absolute Gasteiger partial charge is 0.257 e. The molecule has 4 heteroatoms. The van der Waals surface area contributed by atoms with Gasteiger partial charge in [0.05, 0.1) is 11.3 Å². The normalized spacial score (nSPS) is 10.3. The van der Waals surface area contributed by atoms with Crippen molar-refractivity contribution < 1.29 is 9.18 Å². The van der Waals surface area contributed by atoms with Crippen LogP contribution in [-0.2, 0) is 6.42 Å². The number of nitrogens with two attached hydrogens (primary N) is 1. The van der Waals surface area contributed by atoms with E-state index >= 15 is 0 Å². The molecule has 0 aromatic heterocycles.